The standard InChI is InChI=1S/C29H31N7O/c1-2-3-5-14-27-32-36(20-19-22-10-6-4-7-11-22)29(37)35(27)21-23-15-17-24(18-16-23)25-12-8-9-13-26(25)28-30-33-34-31-28/h4,6-13,15-18H,2-3,5,14,19-21H2,1H3,(H,30,31,33,34). The number of aromatic nitrogens is 7. The Hall–Kier alpha value is -4.33. The number of H-pyrrole nitrogens is 1. The van der Waals surface area contributed by atoms with Crippen molar-refractivity contribution in [1.29, 1.82) is 0 Å². The molecule has 0 unspecified atom stereocenters. The number of benzene rings is 3. The van der Waals surface area contributed by atoms with Crippen molar-refractivity contribution in [3.8, 4) is 22.5 Å². The molecule has 0 aliphatic rings. The molecule has 0 saturated carbocycles. The summed E-state index contributed by atoms with van der Waals surface area (Å²) in [6, 6.07) is 26.5. The molecular weight excluding hydrogens is 462 g/mol. The fraction of sp³-hybridized carbons (Fsp3) is 0.276. The number of aromatic amines is 1. The van der Waals surface area contributed by atoms with Gasteiger partial charge in [0.15, 0.2) is 0 Å². The molecule has 37 heavy (non-hydrogen) atoms. The topological polar surface area (TPSA) is 94.3 Å². The Balaban J connectivity index is 1.38. The van der Waals surface area contributed by atoms with Crippen molar-refractivity contribution in [2.45, 2.75) is 52.1 Å². The van der Waals surface area contributed by atoms with E-state index in [9.17, 15) is 4.79 Å². The smallest absolute Gasteiger partial charge is 0.274 e. The van der Waals surface area contributed by atoms with Crippen LogP contribution >= 0.6 is 0 Å². The molecule has 0 spiro atoms. The number of nitrogens with one attached hydrogen (secondary N) is 1. The van der Waals surface area contributed by atoms with Crippen LogP contribution < -0.4 is 5.69 Å². The van der Waals surface area contributed by atoms with Crippen LogP contribution in [0, 0.1) is 0 Å². The van der Waals surface area contributed by atoms with E-state index in [1.54, 1.807) is 4.68 Å². The number of unbranched alkanes of at least 4 members (excludes halogenated alkanes) is 2. The molecule has 8 heteroatoms. The maximum atomic E-state index is 13.4. The van der Waals surface area contributed by atoms with E-state index < -0.39 is 0 Å². The lowest BCUT2D eigenvalue weighted by molar-refractivity contribution is 0.578. The lowest BCUT2D eigenvalue weighted by Gasteiger charge is -2.09. The van der Waals surface area contributed by atoms with E-state index in [2.05, 4.69) is 63.9 Å². The second-order valence-corrected chi connectivity index (χ2v) is 9.18. The highest BCUT2D eigenvalue weighted by atomic mass is 16.2. The summed E-state index contributed by atoms with van der Waals surface area (Å²) in [5, 5.41) is 19.2. The minimum atomic E-state index is -0.0473. The maximum absolute atomic E-state index is 13.4. The molecule has 2 aromatic heterocycles. The van der Waals surface area contributed by atoms with E-state index in [0.29, 0.717) is 18.9 Å². The Labute approximate surface area is 216 Å². The first-order valence-electron chi connectivity index (χ1n) is 12.9. The number of hydrogen-bond acceptors (Lipinski definition) is 5. The van der Waals surface area contributed by atoms with Crippen molar-refractivity contribution in [2.24, 2.45) is 0 Å². The average molecular weight is 494 g/mol. The Morgan fingerprint density at radius 1 is 0.811 bits per heavy atom. The van der Waals surface area contributed by atoms with Crippen molar-refractivity contribution in [2.75, 3.05) is 0 Å². The number of aryl methyl sites for hydroxylation is 3. The minimum Gasteiger partial charge on any atom is -0.274 e. The molecule has 0 aliphatic heterocycles. The summed E-state index contributed by atoms with van der Waals surface area (Å²) in [7, 11) is 0. The van der Waals surface area contributed by atoms with Crippen LogP contribution in [0.4, 0.5) is 0 Å². The normalized spacial score (nSPS) is 11.2. The van der Waals surface area contributed by atoms with Crippen LogP contribution in [-0.2, 0) is 25.9 Å². The Morgan fingerprint density at radius 2 is 1.57 bits per heavy atom. The number of tetrazole rings is 1. The maximum Gasteiger partial charge on any atom is 0.346 e. The summed E-state index contributed by atoms with van der Waals surface area (Å²) in [4.78, 5) is 13.4. The first-order valence-corrected chi connectivity index (χ1v) is 12.9. The van der Waals surface area contributed by atoms with Crippen LogP contribution in [0.5, 0.6) is 0 Å². The first-order chi connectivity index (χ1) is 18.2. The van der Waals surface area contributed by atoms with Gasteiger partial charge in [0.2, 0.25) is 5.82 Å². The zero-order chi connectivity index (χ0) is 25.5. The van der Waals surface area contributed by atoms with E-state index >= 15 is 0 Å². The van der Waals surface area contributed by atoms with Gasteiger partial charge in [0.25, 0.3) is 0 Å². The predicted molar refractivity (Wildman–Crippen MR) is 144 cm³/mol. The van der Waals surface area contributed by atoms with Crippen LogP contribution in [0.15, 0.2) is 83.7 Å². The SMILES string of the molecule is CCCCCc1nn(CCc2ccccc2)c(=O)n1Cc1ccc(-c2ccccc2-c2nn[nH]n2)cc1. The van der Waals surface area contributed by atoms with E-state index in [1.165, 1.54) is 5.56 Å². The second kappa shape index (κ2) is 11.6. The molecule has 0 bridgehead atoms. The molecule has 188 valence electrons. The molecule has 5 rings (SSSR count). The van der Waals surface area contributed by atoms with Gasteiger partial charge in [0.05, 0.1) is 13.1 Å². The van der Waals surface area contributed by atoms with Gasteiger partial charge in [-0.15, -0.1) is 10.2 Å². The highest BCUT2D eigenvalue weighted by molar-refractivity contribution is 5.80. The third-order valence-electron chi connectivity index (χ3n) is 6.58. The average Bonchev–Trinajstić information content (AvgIpc) is 3.58. The Morgan fingerprint density at radius 3 is 2.30 bits per heavy atom. The van der Waals surface area contributed by atoms with Crippen LogP contribution in [0.2, 0.25) is 0 Å². The van der Waals surface area contributed by atoms with Crippen molar-refractivity contribution < 1.29 is 0 Å². The molecular formula is C29H31N7O. The van der Waals surface area contributed by atoms with Gasteiger partial charge in [-0.1, -0.05) is 98.6 Å². The largest absolute Gasteiger partial charge is 0.346 e. The summed E-state index contributed by atoms with van der Waals surface area (Å²) in [6.45, 7) is 3.25. The second-order valence-electron chi connectivity index (χ2n) is 9.18. The molecule has 0 fully saturated rings. The summed E-state index contributed by atoms with van der Waals surface area (Å²) >= 11 is 0. The van der Waals surface area contributed by atoms with Crippen LogP contribution in [0.1, 0.15) is 43.1 Å². The summed E-state index contributed by atoms with van der Waals surface area (Å²) in [6.07, 6.45) is 4.86. The molecule has 0 atom stereocenters. The third kappa shape index (κ3) is 5.74. The van der Waals surface area contributed by atoms with Gasteiger partial charge in [-0.25, -0.2) is 9.48 Å². The number of nitrogens with zero attached hydrogens (tertiary/aromatic N) is 6. The Kier molecular flexibility index (Phi) is 7.64. The Bertz CT molecular complexity index is 1470. The molecule has 0 aliphatic carbocycles. The van der Waals surface area contributed by atoms with E-state index in [0.717, 1.165) is 60.2 Å². The van der Waals surface area contributed by atoms with Crippen molar-refractivity contribution in [1.82, 2.24) is 35.0 Å². The summed E-state index contributed by atoms with van der Waals surface area (Å²) in [5.74, 6) is 1.42. The minimum absolute atomic E-state index is 0.0473. The molecule has 3 aromatic carbocycles. The van der Waals surface area contributed by atoms with Crippen LogP contribution in [-0.4, -0.2) is 35.0 Å². The monoisotopic (exact) mass is 493 g/mol. The van der Waals surface area contributed by atoms with Gasteiger partial charge in [0, 0.05) is 12.0 Å². The van der Waals surface area contributed by atoms with Gasteiger partial charge < -0.3 is 0 Å². The molecule has 0 radical (unpaired) electrons. The fourth-order valence-corrected chi connectivity index (χ4v) is 4.57. The zero-order valence-corrected chi connectivity index (χ0v) is 21.0. The van der Waals surface area contributed by atoms with Gasteiger partial charge in [0.1, 0.15) is 5.82 Å². The van der Waals surface area contributed by atoms with Gasteiger partial charge in [-0.2, -0.15) is 10.3 Å². The molecule has 5 aromatic rings. The molecule has 2 heterocycles. The van der Waals surface area contributed by atoms with Crippen molar-refractivity contribution in [3.63, 3.8) is 0 Å². The van der Waals surface area contributed by atoms with E-state index in [4.69, 9.17) is 5.10 Å². The third-order valence-corrected chi connectivity index (χ3v) is 6.58. The number of rotatable bonds is 11. The van der Waals surface area contributed by atoms with Crippen molar-refractivity contribution in [3.05, 3.63) is 106 Å². The van der Waals surface area contributed by atoms with E-state index in [1.807, 2.05) is 47.0 Å². The van der Waals surface area contributed by atoms with E-state index in [-0.39, 0.29) is 5.69 Å². The predicted octanol–water partition coefficient (Wildman–Crippen LogP) is 4.92. The highest BCUT2D eigenvalue weighted by Crippen LogP contribution is 2.29. The molecule has 0 amide bonds. The number of hydrogen-bond donors (Lipinski definition) is 1. The van der Waals surface area contributed by atoms with Crippen molar-refractivity contribution >= 4 is 0 Å². The lowest BCUT2D eigenvalue weighted by Crippen LogP contribution is -2.26. The first kappa shape index (κ1) is 24.4. The van der Waals surface area contributed by atoms with Gasteiger partial charge in [-0.3, -0.25) is 4.57 Å². The van der Waals surface area contributed by atoms with Gasteiger partial charge >= 0.3 is 5.69 Å². The molecule has 0 saturated heterocycles. The summed E-state index contributed by atoms with van der Waals surface area (Å²) < 4.78 is 3.47. The molecule has 1 N–H and O–H groups in total. The fourth-order valence-electron chi connectivity index (χ4n) is 4.57. The van der Waals surface area contributed by atoms with Crippen LogP contribution in [0.3, 0.4) is 0 Å². The quantitative estimate of drug-likeness (QED) is 0.264. The zero-order valence-electron chi connectivity index (χ0n) is 21.0. The van der Waals surface area contributed by atoms with Gasteiger partial charge in [-0.05, 0) is 40.3 Å². The highest BCUT2D eigenvalue weighted by Gasteiger charge is 2.15. The van der Waals surface area contributed by atoms with Crippen LogP contribution in [0.25, 0.3) is 22.5 Å². The molecule has 8 nitrogen and oxygen atoms in total. The summed E-state index contributed by atoms with van der Waals surface area (Å²) in [5.41, 5.74) is 5.21. The lowest BCUT2D eigenvalue weighted by atomic mass is 9.98.